The molecule has 3 aromatic rings. The maximum Gasteiger partial charge on any atom is 0.319 e. The number of anilines is 1. The fraction of sp³-hybridized carbons (Fsp3) is 0.200. The van der Waals surface area contributed by atoms with Gasteiger partial charge in [-0.05, 0) is 23.3 Å². The molecule has 0 saturated carbocycles. The lowest BCUT2D eigenvalue weighted by atomic mass is 9.99. The minimum absolute atomic E-state index is 0.296. The van der Waals surface area contributed by atoms with Crippen LogP contribution in [-0.4, -0.2) is 36.6 Å². The van der Waals surface area contributed by atoms with E-state index in [1.807, 2.05) is 12.3 Å². The van der Waals surface area contributed by atoms with Gasteiger partial charge < -0.3 is 25.4 Å². The predicted molar refractivity (Wildman–Crippen MR) is 109 cm³/mol. The van der Waals surface area contributed by atoms with Crippen molar-refractivity contribution < 1.29 is 19.8 Å². The van der Waals surface area contributed by atoms with E-state index >= 15 is 0 Å². The van der Waals surface area contributed by atoms with Crippen LogP contribution in [0.2, 0.25) is 0 Å². The van der Waals surface area contributed by atoms with Gasteiger partial charge in [0.2, 0.25) is 0 Å². The quantitative estimate of drug-likeness (QED) is 0.488. The number of aromatic hydroxyl groups is 1. The highest BCUT2D eigenvalue weighted by atomic mass is 16.4. The van der Waals surface area contributed by atoms with Crippen LogP contribution >= 0.6 is 0 Å². The predicted octanol–water partition coefficient (Wildman–Crippen LogP) is 1.83. The zero-order valence-electron chi connectivity index (χ0n) is 16.4. The molecule has 1 atom stereocenters. The number of carbonyl (C=O) groups is 2. The first kappa shape index (κ1) is 20.6. The molecule has 0 aliphatic rings. The van der Waals surface area contributed by atoms with Gasteiger partial charge in [-0.2, -0.15) is 5.10 Å². The van der Waals surface area contributed by atoms with Crippen LogP contribution in [-0.2, 0) is 18.9 Å². The Morgan fingerprint density at radius 2 is 1.97 bits per heavy atom. The zero-order chi connectivity index (χ0) is 21.8. The number of hydrogen-bond donors (Lipinski definition) is 4. The monoisotopic (exact) mass is 411 g/mol. The summed E-state index contributed by atoms with van der Waals surface area (Å²) < 4.78 is 2.84. The van der Waals surface area contributed by atoms with Crippen LogP contribution in [0, 0.1) is 0 Å². The van der Waals surface area contributed by atoms with Crippen LogP contribution < -0.4 is 16.2 Å². The smallest absolute Gasteiger partial charge is 0.319 e. The number of aromatic nitrogens is 3. The van der Waals surface area contributed by atoms with E-state index in [2.05, 4.69) is 15.7 Å². The second-order valence-electron chi connectivity index (χ2n) is 6.77. The first-order chi connectivity index (χ1) is 14.2. The Morgan fingerprint density at radius 1 is 1.20 bits per heavy atom. The number of benzene rings is 1. The molecule has 0 bridgehead atoms. The maximum absolute atomic E-state index is 12.5. The Bertz CT molecular complexity index is 1150. The summed E-state index contributed by atoms with van der Waals surface area (Å²) in [5.74, 6) is -1.49. The molecule has 156 valence electrons. The summed E-state index contributed by atoms with van der Waals surface area (Å²) in [4.78, 5) is 35.9. The van der Waals surface area contributed by atoms with Crippen LogP contribution in [0.1, 0.15) is 18.0 Å². The average Bonchev–Trinajstić information content (AvgIpc) is 3.14. The Morgan fingerprint density at radius 3 is 2.63 bits per heavy atom. The number of carbonyl (C=O) groups excluding carboxylic acids is 1. The van der Waals surface area contributed by atoms with Crippen molar-refractivity contribution in [2.24, 2.45) is 14.1 Å². The third-order valence-electron chi connectivity index (χ3n) is 4.50. The molecule has 2 heterocycles. The van der Waals surface area contributed by atoms with E-state index in [0.29, 0.717) is 5.56 Å². The number of aryl methyl sites for hydroxylation is 2. The van der Waals surface area contributed by atoms with Crippen LogP contribution in [0.4, 0.5) is 10.5 Å². The summed E-state index contributed by atoms with van der Waals surface area (Å²) >= 11 is 0. The van der Waals surface area contributed by atoms with Crippen molar-refractivity contribution in [1.82, 2.24) is 19.7 Å². The molecule has 0 fully saturated rings. The van der Waals surface area contributed by atoms with E-state index in [-0.39, 0.29) is 17.9 Å². The molecule has 10 heteroatoms. The summed E-state index contributed by atoms with van der Waals surface area (Å²) in [6, 6.07) is 6.66. The number of nitrogens with one attached hydrogen (secondary N) is 2. The Balaban J connectivity index is 1.85. The van der Waals surface area contributed by atoms with Crippen molar-refractivity contribution >= 4 is 17.7 Å². The van der Waals surface area contributed by atoms with Gasteiger partial charge in [0.1, 0.15) is 5.75 Å². The van der Waals surface area contributed by atoms with Gasteiger partial charge in [0, 0.05) is 32.1 Å². The highest BCUT2D eigenvalue weighted by Crippen LogP contribution is 2.25. The summed E-state index contributed by atoms with van der Waals surface area (Å²) in [6.45, 7) is 0. The van der Waals surface area contributed by atoms with E-state index in [0.717, 1.165) is 11.1 Å². The molecule has 1 aromatic carbocycles. The van der Waals surface area contributed by atoms with Gasteiger partial charge in [-0.25, -0.2) is 4.79 Å². The number of carboxylic acids is 1. The van der Waals surface area contributed by atoms with E-state index in [4.69, 9.17) is 0 Å². The number of urea groups is 1. The van der Waals surface area contributed by atoms with E-state index in [9.17, 15) is 24.6 Å². The van der Waals surface area contributed by atoms with Crippen LogP contribution in [0.5, 0.6) is 5.75 Å². The van der Waals surface area contributed by atoms with E-state index in [1.54, 1.807) is 36.1 Å². The molecule has 3 rings (SSSR count). The van der Waals surface area contributed by atoms with Crippen molar-refractivity contribution in [3.8, 4) is 16.9 Å². The van der Waals surface area contributed by atoms with Gasteiger partial charge in [-0.3, -0.25) is 14.3 Å². The molecule has 0 aliphatic heterocycles. The third kappa shape index (κ3) is 4.66. The molecule has 4 N–H and O–H groups in total. The first-order valence-corrected chi connectivity index (χ1v) is 9.01. The van der Waals surface area contributed by atoms with Crippen LogP contribution in [0.15, 0.2) is 53.7 Å². The number of aliphatic carboxylic acids is 1. The highest BCUT2D eigenvalue weighted by molar-refractivity contribution is 5.91. The molecule has 0 saturated heterocycles. The fourth-order valence-electron chi connectivity index (χ4n) is 2.98. The molecular formula is C20H21N5O5. The van der Waals surface area contributed by atoms with Crippen LogP contribution in [0.25, 0.3) is 11.1 Å². The average molecular weight is 411 g/mol. The fourth-order valence-corrected chi connectivity index (χ4v) is 2.98. The number of hydrogen-bond acceptors (Lipinski definition) is 5. The number of pyridine rings is 1. The Kier molecular flexibility index (Phi) is 5.86. The normalized spacial score (nSPS) is 11.7. The standard InChI is InChI=1S/C20H21N5O5/c1-24-7-6-16(26)18(19(24)29)23-20(30)22-15(9-17(27)28)13-5-3-4-12(8-13)14-10-21-25(2)11-14/h3-8,10-11,15,26H,9H2,1-2H3,(H,27,28)(H2,22,23,30)/t15-/m0/s1. The van der Waals surface area contributed by atoms with Crippen molar-refractivity contribution in [2.45, 2.75) is 12.5 Å². The van der Waals surface area contributed by atoms with Gasteiger partial charge in [-0.15, -0.1) is 0 Å². The SMILES string of the molecule is Cn1cc(-c2cccc([C@H](CC(=O)O)NC(=O)Nc3c(O)ccn(C)c3=O)c2)cn1. The van der Waals surface area contributed by atoms with Crippen molar-refractivity contribution in [1.29, 1.82) is 0 Å². The second-order valence-corrected chi connectivity index (χ2v) is 6.77. The van der Waals surface area contributed by atoms with Crippen molar-refractivity contribution in [3.05, 3.63) is 64.8 Å². The molecule has 10 nitrogen and oxygen atoms in total. The molecule has 0 aliphatic carbocycles. The van der Waals surface area contributed by atoms with Crippen LogP contribution in [0.3, 0.4) is 0 Å². The topological polar surface area (TPSA) is 138 Å². The number of nitrogens with zero attached hydrogens (tertiary/aromatic N) is 3. The second kappa shape index (κ2) is 8.52. The number of amides is 2. The Hall–Kier alpha value is -4.08. The highest BCUT2D eigenvalue weighted by Gasteiger charge is 2.20. The lowest BCUT2D eigenvalue weighted by molar-refractivity contribution is -0.137. The minimum Gasteiger partial charge on any atom is -0.505 e. The summed E-state index contributed by atoms with van der Waals surface area (Å²) in [6.07, 6.45) is 4.49. The lowest BCUT2D eigenvalue weighted by Gasteiger charge is -2.19. The Labute approximate surface area is 171 Å². The zero-order valence-corrected chi connectivity index (χ0v) is 16.4. The molecule has 2 amide bonds. The first-order valence-electron chi connectivity index (χ1n) is 9.01. The molecule has 0 spiro atoms. The molecule has 2 aromatic heterocycles. The molecule has 0 radical (unpaired) electrons. The van der Waals surface area contributed by atoms with Crippen molar-refractivity contribution in [3.63, 3.8) is 0 Å². The lowest BCUT2D eigenvalue weighted by Crippen LogP contribution is -2.35. The van der Waals surface area contributed by atoms with E-state index in [1.165, 1.54) is 23.9 Å². The number of carboxylic acid groups (broad SMARTS) is 1. The van der Waals surface area contributed by atoms with Gasteiger partial charge >= 0.3 is 12.0 Å². The summed E-state index contributed by atoms with van der Waals surface area (Å²) in [7, 11) is 3.26. The minimum atomic E-state index is -1.11. The molecular weight excluding hydrogens is 390 g/mol. The van der Waals surface area contributed by atoms with Gasteiger partial charge in [0.05, 0.1) is 18.7 Å². The largest absolute Gasteiger partial charge is 0.505 e. The summed E-state index contributed by atoms with van der Waals surface area (Å²) in [5.41, 5.74) is 1.33. The third-order valence-corrected chi connectivity index (χ3v) is 4.50. The maximum atomic E-state index is 12.5. The van der Waals surface area contributed by atoms with Crippen molar-refractivity contribution in [2.75, 3.05) is 5.32 Å². The molecule has 0 unspecified atom stereocenters. The van der Waals surface area contributed by atoms with Gasteiger partial charge in [0.25, 0.3) is 5.56 Å². The number of rotatable bonds is 6. The van der Waals surface area contributed by atoms with Gasteiger partial charge in [-0.1, -0.05) is 18.2 Å². The van der Waals surface area contributed by atoms with E-state index < -0.39 is 23.6 Å². The van der Waals surface area contributed by atoms with Gasteiger partial charge in [0.15, 0.2) is 5.69 Å². The summed E-state index contributed by atoms with van der Waals surface area (Å²) in [5, 5.41) is 28.1. The molecule has 30 heavy (non-hydrogen) atoms.